The number of aromatic nitrogens is 2. The predicted molar refractivity (Wildman–Crippen MR) is 110 cm³/mol. The monoisotopic (exact) mass is 405 g/mol. The maximum absolute atomic E-state index is 11.8. The number of carbonyl (C=O) groups is 2. The van der Waals surface area contributed by atoms with Gasteiger partial charge in [0.25, 0.3) is 5.91 Å². The first-order valence-corrected chi connectivity index (χ1v) is 10.4. The number of hydrogen-bond acceptors (Lipinski definition) is 6. The molecule has 0 saturated carbocycles. The van der Waals surface area contributed by atoms with Crippen LogP contribution in [0.2, 0.25) is 0 Å². The summed E-state index contributed by atoms with van der Waals surface area (Å²) in [4.78, 5) is 30.2. The van der Waals surface area contributed by atoms with Crippen molar-refractivity contribution in [1.29, 1.82) is 0 Å². The second-order valence-corrected chi connectivity index (χ2v) is 7.70. The Balaban J connectivity index is 1.76. The van der Waals surface area contributed by atoms with Crippen LogP contribution in [0.4, 0.5) is 5.13 Å². The van der Waals surface area contributed by atoms with E-state index in [-0.39, 0.29) is 5.91 Å². The van der Waals surface area contributed by atoms with E-state index in [9.17, 15) is 9.59 Å². The minimum Gasteiger partial charge on any atom is -0.383 e. The van der Waals surface area contributed by atoms with Crippen molar-refractivity contribution in [2.75, 3.05) is 38.7 Å². The van der Waals surface area contributed by atoms with Crippen molar-refractivity contribution in [3.8, 4) is 11.4 Å². The number of carbonyl (C=O) groups excluding carboxylic acids is 2. The fourth-order valence-corrected chi connectivity index (χ4v) is 4.22. The molecular weight excluding hydrogens is 378 g/mol. The predicted octanol–water partition coefficient (Wildman–Crippen LogP) is 2.09. The van der Waals surface area contributed by atoms with Crippen molar-refractivity contribution in [1.82, 2.24) is 14.5 Å². The molecule has 0 aromatic carbocycles. The maximum atomic E-state index is 11.8. The summed E-state index contributed by atoms with van der Waals surface area (Å²) in [6, 6.07) is 1.81. The lowest BCUT2D eigenvalue weighted by Crippen LogP contribution is -2.26. The molecular formula is C19H27N5O3S. The van der Waals surface area contributed by atoms with E-state index in [4.69, 9.17) is 10.5 Å². The number of thiazole rings is 1. The van der Waals surface area contributed by atoms with Crippen molar-refractivity contribution in [3.63, 3.8) is 0 Å². The Morgan fingerprint density at radius 3 is 2.93 bits per heavy atom. The molecule has 0 aliphatic carbocycles. The van der Waals surface area contributed by atoms with E-state index in [1.165, 1.54) is 11.3 Å². The number of primary amides is 1. The number of methoxy groups -OCH3 is 1. The van der Waals surface area contributed by atoms with Crippen molar-refractivity contribution >= 4 is 28.3 Å². The molecule has 1 aliphatic heterocycles. The molecule has 0 radical (unpaired) electrons. The highest BCUT2D eigenvalue weighted by Crippen LogP contribution is 2.29. The molecule has 2 amide bonds. The molecule has 8 nitrogen and oxygen atoms in total. The molecule has 1 aliphatic rings. The van der Waals surface area contributed by atoms with E-state index in [0.29, 0.717) is 31.7 Å². The zero-order chi connectivity index (χ0) is 20.1. The summed E-state index contributed by atoms with van der Waals surface area (Å²) in [7, 11) is 1.66. The molecule has 28 heavy (non-hydrogen) atoms. The lowest BCUT2D eigenvalue weighted by Gasteiger charge is -2.17. The summed E-state index contributed by atoms with van der Waals surface area (Å²) in [5, 5.41) is 6.00. The Hall–Kier alpha value is -2.39. The van der Waals surface area contributed by atoms with Gasteiger partial charge in [0, 0.05) is 50.8 Å². The molecule has 3 heterocycles. The van der Waals surface area contributed by atoms with Crippen LogP contribution in [0.1, 0.15) is 35.3 Å². The average Bonchev–Trinajstić information content (AvgIpc) is 3.36. The number of likely N-dealkylation sites (tertiary alicyclic amines) is 1. The van der Waals surface area contributed by atoms with Crippen molar-refractivity contribution in [2.45, 2.75) is 32.7 Å². The van der Waals surface area contributed by atoms with Gasteiger partial charge in [-0.25, -0.2) is 4.98 Å². The Morgan fingerprint density at radius 1 is 1.43 bits per heavy atom. The van der Waals surface area contributed by atoms with Crippen LogP contribution in [0.25, 0.3) is 11.4 Å². The molecule has 0 unspecified atom stereocenters. The van der Waals surface area contributed by atoms with E-state index in [1.807, 2.05) is 23.3 Å². The highest BCUT2D eigenvalue weighted by atomic mass is 32.1. The average molecular weight is 406 g/mol. The van der Waals surface area contributed by atoms with Gasteiger partial charge in [-0.15, -0.1) is 11.3 Å². The number of nitrogens with one attached hydrogen (secondary N) is 1. The van der Waals surface area contributed by atoms with Gasteiger partial charge in [-0.05, 0) is 25.8 Å². The molecule has 3 rings (SSSR count). The van der Waals surface area contributed by atoms with Crippen molar-refractivity contribution in [3.05, 3.63) is 22.7 Å². The van der Waals surface area contributed by atoms with Gasteiger partial charge >= 0.3 is 0 Å². The number of hydrogen-bond donors (Lipinski definition) is 2. The Bertz CT molecular complexity index is 845. The lowest BCUT2D eigenvalue weighted by atomic mass is 10.2. The van der Waals surface area contributed by atoms with E-state index >= 15 is 0 Å². The third-order valence-corrected chi connectivity index (χ3v) is 5.76. The third-order valence-electron chi connectivity index (χ3n) is 4.96. The summed E-state index contributed by atoms with van der Waals surface area (Å²) in [5.74, 6) is -0.213. The van der Waals surface area contributed by atoms with Crippen LogP contribution < -0.4 is 11.1 Å². The molecule has 1 saturated heterocycles. The van der Waals surface area contributed by atoms with Crippen LogP contribution >= 0.6 is 11.3 Å². The van der Waals surface area contributed by atoms with Crippen LogP contribution in [0.3, 0.4) is 0 Å². The summed E-state index contributed by atoms with van der Waals surface area (Å²) >= 11 is 1.51. The largest absolute Gasteiger partial charge is 0.383 e. The van der Waals surface area contributed by atoms with Crippen molar-refractivity contribution in [2.24, 2.45) is 5.73 Å². The number of rotatable bonds is 10. The minimum atomic E-state index is -0.444. The highest BCUT2D eigenvalue weighted by molar-refractivity contribution is 7.14. The van der Waals surface area contributed by atoms with Gasteiger partial charge in [0.1, 0.15) is 0 Å². The fourth-order valence-electron chi connectivity index (χ4n) is 3.49. The van der Waals surface area contributed by atoms with Crippen LogP contribution in [0.15, 0.2) is 11.4 Å². The summed E-state index contributed by atoms with van der Waals surface area (Å²) in [6.45, 7) is 5.44. The van der Waals surface area contributed by atoms with Crippen LogP contribution in [0.5, 0.6) is 0 Å². The van der Waals surface area contributed by atoms with E-state index in [0.717, 1.165) is 48.1 Å². The molecule has 3 N–H and O–H groups in total. The minimum absolute atomic E-state index is 0.230. The fraction of sp³-hybridized carbons (Fsp3) is 0.526. The topological polar surface area (TPSA) is 102 Å². The summed E-state index contributed by atoms with van der Waals surface area (Å²) < 4.78 is 7.12. The van der Waals surface area contributed by atoms with Crippen molar-refractivity contribution < 1.29 is 14.3 Å². The Kier molecular flexibility index (Phi) is 6.69. The van der Waals surface area contributed by atoms with E-state index < -0.39 is 5.91 Å². The number of nitrogens with zero attached hydrogens (tertiary/aromatic N) is 3. The van der Waals surface area contributed by atoms with Gasteiger partial charge in [0.2, 0.25) is 5.91 Å². The second kappa shape index (κ2) is 9.20. The van der Waals surface area contributed by atoms with Gasteiger partial charge in [0.05, 0.1) is 23.6 Å². The molecule has 2 aromatic heterocycles. The number of ether oxygens (including phenoxy) is 1. The second-order valence-electron chi connectivity index (χ2n) is 6.84. The first-order valence-electron chi connectivity index (χ1n) is 9.47. The Labute approximate surface area is 168 Å². The summed E-state index contributed by atoms with van der Waals surface area (Å²) in [6.07, 6.45) is 2.41. The number of nitrogens with two attached hydrogens (primary N) is 1. The van der Waals surface area contributed by atoms with Crippen LogP contribution in [-0.4, -0.2) is 59.6 Å². The smallest absolute Gasteiger partial charge is 0.250 e. The van der Waals surface area contributed by atoms with Gasteiger partial charge < -0.3 is 25.3 Å². The zero-order valence-electron chi connectivity index (χ0n) is 16.4. The third kappa shape index (κ3) is 4.53. The molecule has 0 spiro atoms. The van der Waals surface area contributed by atoms with Crippen LogP contribution in [0, 0.1) is 6.92 Å². The van der Waals surface area contributed by atoms with E-state index in [2.05, 4.69) is 14.9 Å². The van der Waals surface area contributed by atoms with Gasteiger partial charge in [-0.3, -0.25) is 9.59 Å². The van der Waals surface area contributed by atoms with Gasteiger partial charge in [-0.1, -0.05) is 0 Å². The summed E-state index contributed by atoms with van der Waals surface area (Å²) in [5.41, 5.74) is 8.57. The Morgan fingerprint density at radius 2 is 2.25 bits per heavy atom. The maximum Gasteiger partial charge on any atom is 0.250 e. The molecule has 9 heteroatoms. The lowest BCUT2D eigenvalue weighted by molar-refractivity contribution is -0.127. The quantitative estimate of drug-likeness (QED) is 0.589. The molecule has 0 atom stereocenters. The van der Waals surface area contributed by atoms with Crippen LogP contribution in [-0.2, 0) is 16.1 Å². The zero-order valence-corrected chi connectivity index (χ0v) is 17.2. The number of anilines is 1. The SMILES string of the molecule is COCCNc1nc(-c2cc(C(N)=O)c(C)n2CCCN2CCCC2=O)cs1. The molecule has 152 valence electrons. The highest BCUT2D eigenvalue weighted by Gasteiger charge is 2.21. The molecule has 2 aromatic rings. The number of amides is 2. The van der Waals surface area contributed by atoms with Gasteiger partial charge in [-0.2, -0.15) is 0 Å². The first-order chi connectivity index (χ1) is 13.5. The molecule has 1 fully saturated rings. The van der Waals surface area contributed by atoms with E-state index in [1.54, 1.807) is 7.11 Å². The van der Waals surface area contributed by atoms with Gasteiger partial charge in [0.15, 0.2) is 5.13 Å². The first kappa shape index (κ1) is 20.3. The standard InChI is InChI=1S/C19H27N5O3S/c1-13-14(18(20)26)11-16(15-12-28-19(22-15)21-6-10-27-2)24(13)9-4-8-23-7-3-5-17(23)25/h11-12H,3-10H2,1-2H3,(H2,20,26)(H,21,22). The molecule has 0 bridgehead atoms. The normalized spacial score (nSPS) is 14.1.